The summed E-state index contributed by atoms with van der Waals surface area (Å²) in [4.78, 5) is 0. The number of nitrogens with zero attached hydrogens (tertiary/aromatic N) is 2. The highest BCUT2D eigenvalue weighted by Gasteiger charge is 2.40. The molecular formula is C12H22N4O3S. The van der Waals surface area contributed by atoms with Gasteiger partial charge in [-0.05, 0) is 26.8 Å². The summed E-state index contributed by atoms with van der Waals surface area (Å²) >= 11 is 0. The van der Waals surface area contributed by atoms with Crippen molar-refractivity contribution in [2.45, 2.75) is 37.4 Å². The number of ether oxygens (including phenoxy) is 1. The molecule has 0 saturated heterocycles. The summed E-state index contributed by atoms with van der Waals surface area (Å²) in [7, 11) is -0.215. The maximum atomic E-state index is 12.8. The van der Waals surface area contributed by atoms with Gasteiger partial charge in [-0.1, -0.05) is 0 Å². The van der Waals surface area contributed by atoms with Crippen LogP contribution in [-0.2, 0) is 21.3 Å². The first kappa shape index (κ1) is 15.4. The number of aromatic amines is 1. The van der Waals surface area contributed by atoms with E-state index in [1.807, 2.05) is 6.92 Å². The molecule has 8 heteroatoms. The Labute approximate surface area is 119 Å². The summed E-state index contributed by atoms with van der Waals surface area (Å²) in [5, 5.41) is 9.90. The van der Waals surface area contributed by atoms with Gasteiger partial charge in [-0.2, -0.15) is 9.40 Å². The van der Waals surface area contributed by atoms with E-state index in [-0.39, 0.29) is 11.1 Å². The molecule has 7 nitrogen and oxygen atoms in total. The largest absolute Gasteiger partial charge is 0.383 e. The van der Waals surface area contributed by atoms with Crippen LogP contribution in [-0.4, -0.2) is 56.3 Å². The fraction of sp³-hybridized carbons (Fsp3) is 0.750. The number of nitrogens with one attached hydrogen (secondary N) is 2. The summed E-state index contributed by atoms with van der Waals surface area (Å²) < 4.78 is 32.1. The van der Waals surface area contributed by atoms with Crippen molar-refractivity contribution in [3.63, 3.8) is 0 Å². The highest BCUT2D eigenvalue weighted by molar-refractivity contribution is 7.89. The van der Waals surface area contributed by atoms with Crippen LogP contribution >= 0.6 is 0 Å². The summed E-state index contributed by atoms with van der Waals surface area (Å²) in [6.07, 6.45) is 1.82. The number of rotatable bonds is 8. The average Bonchev–Trinajstić information content (AvgIpc) is 3.16. The van der Waals surface area contributed by atoms with Gasteiger partial charge in [0.05, 0.1) is 6.61 Å². The van der Waals surface area contributed by atoms with Crippen LogP contribution in [0.4, 0.5) is 0 Å². The first-order valence-corrected chi connectivity index (χ1v) is 8.15. The fourth-order valence-corrected chi connectivity index (χ4v) is 4.02. The normalized spacial score (nSPS) is 16.0. The maximum Gasteiger partial charge on any atom is 0.263 e. The SMILES string of the molecule is CNCc1c(S(=O)(=O)N(CCOC)C2CC2)n[nH]c1C. The van der Waals surface area contributed by atoms with Gasteiger partial charge >= 0.3 is 0 Å². The smallest absolute Gasteiger partial charge is 0.263 e. The van der Waals surface area contributed by atoms with Crippen LogP contribution in [0.5, 0.6) is 0 Å². The first-order chi connectivity index (χ1) is 9.52. The van der Waals surface area contributed by atoms with Gasteiger partial charge in [-0.25, -0.2) is 8.42 Å². The zero-order chi connectivity index (χ0) is 14.8. The van der Waals surface area contributed by atoms with Gasteiger partial charge in [-0.3, -0.25) is 5.10 Å². The van der Waals surface area contributed by atoms with Crippen molar-refractivity contribution in [3.8, 4) is 0 Å². The number of methoxy groups -OCH3 is 1. The van der Waals surface area contributed by atoms with Crippen LogP contribution in [0.1, 0.15) is 24.1 Å². The quantitative estimate of drug-likeness (QED) is 0.718. The highest BCUT2D eigenvalue weighted by Crippen LogP contribution is 2.32. The molecule has 1 saturated carbocycles. The lowest BCUT2D eigenvalue weighted by atomic mass is 10.3. The average molecular weight is 302 g/mol. The second-order valence-corrected chi connectivity index (χ2v) is 6.81. The fourth-order valence-electron chi connectivity index (χ4n) is 2.18. The topological polar surface area (TPSA) is 87.3 Å². The molecule has 1 aromatic heterocycles. The van der Waals surface area contributed by atoms with E-state index in [0.717, 1.165) is 18.5 Å². The molecule has 0 amide bonds. The minimum absolute atomic E-state index is 0.0922. The van der Waals surface area contributed by atoms with E-state index in [2.05, 4.69) is 15.5 Å². The van der Waals surface area contributed by atoms with Crippen LogP contribution in [0.2, 0.25) is 0 Å². The molecule has 0 aliphatic heterocycles. The summed E-state index contributed by atoms with van der Waals surface area (Å²) in [6.45, 7) is 3.06. The summed E-state index contributed by atoms with van der Waals surface area (Å²) in [5.74, 6) is 0. The van der Waals surface area contributed by atoms with E-state index < -0.39 is 10.0 Å². The molecule has 1 aromatic rings. The van der Waals surface area contributed by atoms with Gasteiger partial charge in [0.2, 0.25) is 0 Å². The highest BCUT2D eigenvalue weighted by atomic mass is 32.2. The monoisotopic (exact) mass is 302 g/mol. The zero-order valence-electron chi connectivity index (χ0n) is 12.1. The molecule has 0 unspecified atom stereocenters. The van der Waals surface area contributed by atoms with Crippen molar-refractivity contribution < 1.29 is 13.2 Å². The lowest BCUT2D eigenvalue weighted by Gasteiger charge is -2.20. The number of aromatic nitrogens is 2. The van der Waals surface area contributed by atoms with Crippen LogP contribution < -0.4 is 5.32 Å². The molecule has 1 fully saturated rings. The minimum Gasteiger partial charge on any atom is -0.383 e. The van der Waals surface area contributed by atoms with Gasteiger partial charge in [0.15, 0.2) is 5.03 Å². The lowest BCUT2D eigenvalue weighted by molar-refractivity contribution is 0.177. The minimum atomic E-state index is -3.57. The molecule has 0 atom stereocenters. The van der Waals surface area contributed by atoms with Crippen molar-refractivity contribution in [1.29, 1.82) is 0 Å². The molecule has 0 bridgehead atoms. The van der Waals surface area contributed by atoms with Crippen LogP contribution in [0.15, 0.2) is 5.03 Å². The van der Waals surface area contributed by atoms with Crippen molar-refractivity contribution in [2.75, 3.05) is 27.3 Å². The molecule has 0 radical (unpaired) electrons. The number of H-pyrrole nitrogens is 1. The van der Waals surface area contributed by atoms with E-state index in [0.29, 0.717) is 25.3 Å². The van der Waals surface area contributed by atoms with Gasteiger partial charge < -0.3 is 10.1 Å². The molecule has 20 heavy (non-hydrogen) atoms. The van der Waals surface area contributed by atoms with Crippen molar-refractivity contribution >= 4 is 10.0 Å². The number of aryl methyl sites for hydroxylation is 1. The molecule has 2 N–H and O–H groups in total. The Morgan fingerprint density at radius 3 is 2.75 bits per heavy atom. The van der Waals surface area contributed by atoms with Gasteiger partial charge in [-0.15, -0.1) is 0 Å². The molecule has 1 heterocycles. The summed E-state index contributed by atoms with van der Waals surface area (Å²) in [5.41, 5.74) is 1.48. The number of hydrogen-bond acceptors (Lipinski definition) is 5. The molecule has 1 aliphatic carbocycles. The van der Waals surface area contributed by atoms with Gasteiger partial charge in [0, 0.05) is 37.5 Å². The van der Waals surface area contributed by atoms with Gasteiger partial charge in [0.25, 0.3) is 10.0 Å². The Bertz CT molecular complexity index is 551. The van der Waals surface area contributed by atoms with Crippen LogP contribution in [0, 0.1) is 6.92 Å². The predicted octanol–water partition coefficient (Wildman–Crippen LogP) is 0.237. The van der Waals surface area contributed by atoms with E-state index in [4.69, 9.17) is 4.74 Å². The Morgan fingerprint density at radius 2 is 2.20 bits per heavy atom. The molecule has 0 spiro atoms. The predicted molar refractivity (Wildman–Crippen MR) is 74.9 cm³/mol. The number of hydrogen-bond donors (Lipinski definition) is 2. The van der Waals surface area contributed by atoms with E-state index in [9.17, 15) is 8.42 Å². The van der Waals surface area contributed by atoms with Crippen molar-refractivity contribution in [2.24, 2.45) is 0 Å². The maximum absolute atomic E-state index is 12.8. The lowest BCUT2D eigenvalue weighted by Crippen LogP contribution is -2.36. The van der Waals surface area contributed by atoms with E-state index >= 15 is 0 Å². The van der Waals surface area contributed by atoms with E-state index in [1.54, 1.807) is 14.2 Å². The third-order valence-electron chi connectivity index (χ3n) is 3.41. The Morgan fingerprint density at radius 1 is 1.50 bits per heavy atom. The Kier molecular flexibility index (Phi) is 4.79. The van der Waals surface area contributed by atoms with Crippen LogP contribution in [0.25, 0.3) is 0 Å². The van der Waals surface area contributed by atoms with Crippen molar-refractivity contribution in [3.05, 3.63) is 11.3 Å². The Balaban J connectivity index is 2.32. The molecule has 2 rings (SSSR count). The van der Waals surface area contributed by atoms with Crippen LogP contribution in [0.3, 0.4) is 0 Å². The second-order valence-electron chi connectivity index (χ2n) is 5.00. The molecule has 1 aliphatic rings. The number of sulfonamides is 1. The third-order valence-corrected chi connectivity index (χ3v) is 5.34. The van der Waals surface area contributed by atoms with E-state index in [1.165, 1.54) is 4.31 Å². The molecular weight excluding hydrogens is 280 g/mol. The zero-order valence-corrected chi connectivity index (χ0v) is 13.0. The molecule has 0 aromatic carbocycles. The second kappa shape index (κ2) is 6.21. The van der Waals surface area contributed by atoms with Crippen molar-refractivity contribution in [1.82, 2.24) is 19.8 Å². The standard InChI is InChI=1S/C12H22N4O3S/c1-9-11(8-13-2)12(15-14-9)20(17,18)16(6-7-19-3)10-4-5-10/h10,13H,4-8H2,1-3H3,(H,14,15). The van der Waals surface area contributed by atoms with Gasteiger partial charge in [0.1, 0.15) is 0 Å². The summed E-state index contributed by atoms with van der Waals surface area (Å²) in [6, 6.07) is 0.0922. The Hall–Kier alpha value is -0.960. The first-order valence-electron chi connectivity index (χ1n) is 6.71. The third kappa shape index (κ3) is 3.03. The molecule has 114 valence electrons.